The first-order valence-corrected chi connectivity index (χ1v) is 7.42. The first kappa shape index (κ1) is 16.5. The van der Waals surface area contributed by atoms with Crippen LogP contribution in [0.4, 0.5) is 13.2 Å². The van der Waals surface area contributed by atoms with Crippen molar-refractivity contribution < 1.29 is 27.8 Å². The molecule has 1 amide bonds. The van der Waals surface area contributed by atoms with Crippen LogP contribution >= 0.6 is 0 Å². The van der Waals surface area contributed by atoms with Crippen molar-refractivity contribution in [2.75, 3.05) is 13.2 Å². The molecule has 0 radical (unpaired) electrons. The molecule has 2 rings (SSSR count). The van der Waals surface area contributed by atoms with Gasteiger partial charge in [-0.25, -0.2) is 0 Å². The van der Waals surface area contributed by atoms with Gasteiger partial charge in [-0.2, -0.15) is 13.2 Å². The smallest absolute Gasteiger partial charge is 0.385 e. The van der Waals surface area contributed by atoms with E-state index in [1.165, 1.54) is 0 Å². The molecule has 0 aromatic heterocycles. The van der Waals surface area contributed by atoms with Crippen LogP contribution in [0.3, 0.4) is 0 Å². The molecule has 4 atom stereocenters. The zero-order chi connectivity index (χ0) is 15.7. The first-order chi connectivity index (χ1) is 9.74. The number of hydrogen-bond donors (Lipinski definition) is 2. The van der Waals surface area contributed by atoms with E-state index in [0.29, 0.717) is 25.9 Å². The molecule has 0 spiro atoms. The van der Waals surface area contributed by atoms with E-state index in [-0.39, 0.29) is 19.4 Å². The van der Waals surface area contributed by atoms with Gasteiger partial charge in [-0.15, -0.1) is 0 Å². The number of halogens is 3. The summed E-state index contributed by atoms with van der Waals surface area (Å²) in [4.78, 5) is 12.1. The molecule has 0 aromatic rings. The lowest BCUT2D eigenvalue weighted by atomic mass is 9.78. The summed E-state index contributed by atoms with van der Waals surface area (Å²) in [5, 5.41) is 12.8. The summed E-state index contributed by atoms with van der Waals surface area (Å²) in [7, 11) is 0. The Bertz CT molecular complexity index is 388. The van der Waals surface area contributed by atoms with E-state index in [1.54, 1.807) is 6.92 Å². The van der Waals surface area contributed by atoms with Crippen molar-refractivity contribution >= 4 is 5.91 Å². The molecule has 4 unspecified atom stereocenters. The molecule has 122 valence electrons. The van der Waals surface area contributed by atoms with Crippen molar-refractivity contribution in [3.8, 4) is 0 Å². The van der Waals surface area contributed by atoms with Crippen molar-refractivity contribution in [1.82, 2.24) is 5.32 Å². The van der Waals surface area contributed by atoms with Gasteiger partial charge in [-0.3, -0.25) is 4.79 Å². The average Bonchev–Trinajstić information content (AvgIpc) is 2.75. The van der Waals surface area contributed by atoms with Crippen molar-refractivity contribution in [2.24, 2.45) is 11.8 Å². The molecule has 2 N–H and O–H groups in total. The lowest BCUT2D eigenvalue weighted by Crippen LogP contribution is -2.50. The Morgan fingerprint density at radius 1 is 1.38 bits per heavy atom. The molecule has 21 heavy (non-hydrogen) atoms. The van der Waals surface area contributed by atoms with Crippen LogP contribution in [0.2, 0.25) is 0 Å². The summed E-state index contributed by atoms with van der Waals surface area (Å²) in [6.07, 6.45) is -3.00. The van der Waals surface area contributed by atoms with Crippen molar-refractivity contribution in [1.29, 1.82) is 0 Å². The molecule has 2 aliphatic rings. The second kappa shape index (κ2) is 6.12. The molecule has 4 nitrogen and oxygen atoms in total. The molecule has 0 bridgehead atoms. The number of carbonyl (C=O) groups excluding carboxylic acids is 1. The van der Waals surface area contributed by atoms with Crippen LogP contribution in [0, 0.1) is 11.8 Å². The largest absolute Gasteiger partial charge is 0.392 e. The standard InChI is InChI=1S/C14H22F3NO3/c1-9-13(20,6-7-21-9)8-18-12(19)10-4-2-3-5-11(10)14(15,16)17/h9-11,20H,2-8H2,1H3,(H,18,19). The van der Waals surface area contributed by atoms with Gasteiger partial charge in [0.25, 0.3) is 0 Å². The highest BCUT2D eigenvalue weighted by Crippen LogP contribution is 2.41. The maximum Gasteiger partial charge on any atom is 0.392 e. The van der Waals surface area contributed by atoms with Gasteiger partial charge < -0.3 is 15.2 Å². The maximum atomic E-state index is 13.0. The molecule has 1 heterocycles. The predicted octanol–water partition coefficient (Wildman–Crippen LogP) is 2.01. The lowest BCUT2D eigenvalue weighted by Gasteiger charge is -2.33. The van der Waals surface area contributed by atoms with Gasteiger partial charge in [0, 0.05) is 25.5 Å². The third kappa shape index (κ3) is 3.69. The van der Waals surface area contributed by atoms with Gasteiger partial charge in [0.05, 0.1) is 12.0 Å². The molecule has 7 heteroatoms. The van der Waals surface area contributed by atoms with Crippen LogP contribution in [0.15, 0.2) is 0 Å². The topological polar surface area (TPSA) is 58.6 Å². The highest BCUT2D eigenvalue weighted by atomic mass is 19.4. The number of nitrogens with one attached hydrogen (secondary N) is 1. The van der Waals surface area contributed by atoms with Gasteiger partial charge in [0.2, 0.25) is 5.91 Å². The van der Waals surface area contributed by atoms with Crippen LogP contribution in [-0.4, -0.2) is 42.0 Å². The van der Waals surface area contributed by atoms with Gasteiger partial charge in [-0.1, -0.05) is 12.8 Å². The summed E-state index contributed by atoms with van der Waals surface area (Å²) in [5.74, 6) is -3.22. The van der Waals surface area contributed by atoms with E-state index in [9.17, 15) is 23.1 Å². The van der Waals surface area contributed by atoms with Crippen molar-refractivity contribution in [3.05, 3.63) is 0 Å². The molecule has 1 aliphatic carbocycles. The number of carbonyl (C=O) groups is 1. The van der Waals surface area contributed by atoms with E-state index in [1.807, 2.05) is 0 Å². The van der Waals surface area contributed by atoms with E-state index >= 15 is 0 Å². The second-order valence-corrected chi connectivity index (χ2v) is 6.12. The van der Waals surface area contributed by atoms with Crippen LogP contribution < -0.4 is 5.32 Å². The highest BCUT2D eigenvalue weighted by molar-refractivity contribution is 5.79. The quantitative estimate of drug-likeness (QED) is 0.838. The number of rotatable bonds is 3. The number of aliphatic hydroxyl groups is 1. The summed E-state index contributed by atoms with van der Waals surface area (Å²) in [5.41, 5.74) is -1.18. The van der Waals surface area contributed by atoms with Gasteiger partial charge in [-0.05, 0) is 19.8 Å². The summed E-state index contributed by atoms with van der Waals surface area (Å²) in [6, 6.07) is 0. The fourth-order valence-electron chi connectivity index (χ4n) is 3.21. The minimum atomic E-state index is -4.34. The van der Waals surface area contributed by atoms with E-state index < -0.39 is 35.6 Å². The predicted molar refractivity (Wildman–Crippen MR) is 69.5 cm³/mol. The molecule has 0 aromatic carbocycles. The lowest BCUT2D eigenvalue weighted by molar-refractivity contribution is -0.198. The zero-order valence-corrected chi connectivity index (χ0v) is 12.1. The third-order valence-corrected chi connectivity index (χ3v) is 4.75. The van der Waals surface area contributed by atoms with Crippen molar-refractivity contribution in [3.63, 3.8) is 0 Å². The minimum absolute atomic E-state index is 0.00533. The van der Waals surface area contributed by atoms with Gasteiger partial charge >= 0.3 is 6.18 Å². The third-order valence-electron chi connectivity index (χ3n) is 4.75. The molecular weight excluding hydrogens is 287 g/mol. The number of ether oxygens (including phenoxy) is 1. The van der Waals surface area contributed by atoms with Crippen molar-refractivity contribution in [2.45, 2.75) is 56.9 Å². The Labute approximate surface area is 122 Å². The first-order valence-electron chi connectivity index (χ1n) is 7.42. The fraction of sp³-hybridized carbons (Fsp3) is 0.929. The fourth-order valence-corrected chi connectivity index (χ4v) is 3.21. The Balaban J connectivity index is 1.95. The second-order valence-electron chi connectivity index (χ2n) is 6.12. The summed E-state index contributed by atoms with van der Waals surface area (Å²) in [6.45, 7) is 2.02. The number of hydrogen-bond acceptors (Lipinski definition) is 3. The molecule has 2 fully saturated rings. The average molecular weight is 309 g/mol. The highest BCUT2D eigenvalue weighted by Gasteiger charge is 2.48. The Kier molecular flexibility index (Phi) is 4.82. The van der Waals surface area contributed by atoms with Crippen LogP contribution in [0.25, 0.3) is 0 Å². The molecule has 1 saturated carbocycles. The van der Waals surface area contributed by atoms with Crippen LogP contribution in [-0.2, 0) is 9.53 Å². The number of amides is 1. The van der Waals surface area contributed by atoms with E-state index in [2.05, 4.69) is 5.32 Å². The van der Waals surface area contributed by atoms with E-state index in [4.69, 9.17) is 4.74 Å². The Hall–Kier alpha value is -0.820. The summed E-state index contributed by atoms with van der Waals surface area (Å²) >= 11 is 0. The Morgan fingerprint density at radius 2 is 2.05 bits per heavy atom. The maximum absolute atomic E-state index is 13.0. The zero-order valence-electron chi connectivity index (χ0n) is 12.1. The van der Waals surface area contributed by atoms with E-state index in [0.717, 1.165) is 0 Å². The molecular formula is C14H22F3NO3. The Morgan fingerprint density at radius 3 is 2.62 bits per heavy atom. The van der Waals surface area contributed by atoms with Crippen LogP contribution in [0.1, 0.15) is 39.0 Å². The van der Waals surface area contributed by atoms with Crippen LogP contribution in [0.5, 0.6) is 0 Å². The summed E-state index contributed by atoms with van der Waals surface area (Å²) < 4.78 is 44.2. The van der Waals surface area contributed by atoms with Gasteiger partial charge in [0.15, 0.2) is 0 Å². The SMILES string of the molecule is CC1OCCC1(O)CNC(=O)C1CCCCC1C(F)(F)F. The normalized spacial score (nSPS) is 37.5. The monoisotopic (exact) mass is 309 g/mol. The molecule has 1 aliphatic heterocycles. The van der Waals surface area contributed by atoms with Gasteiger partial charge in [0.1, 0.15) is 5.60 Å². The minimum Gasteiger partial charge on any atom is -0.385 e. The molecule has 1 saturated heterocycles. The number of alkyl halides is 3.